The van der Waals surface area contributed by atoms with Crippen LogP contribution >= 0.6 is 11.6 Å². The Labute approximate surface area is 249 Å². The molecule has 3 fully saturated rings. The molecule has 2 aromatic carbocycles. The van der Waals surface area contributed by atoms with Crippen LogP contribution in [0, 0.1) is 17.8 Å². The number of rotatable bonds is 10. The molecule has 3 aliphatic rings. The van der Waals surface area contributed by atoms with Gasteiger partial charge in [-0.25, -0.2) is 0 Å². The molecule has 2 aromatic rings. The molecule has 4 amide bonds. The van der Waals surface area contributed by atoms with E-state index in [9.17, 15) is 24.0 Å². The zero-order valence-corrected chi connectivity index (χ0v) is 24.2. The zero-order valence-electron chi connectivity index (χ0n) is 23.4. The minimum atomic E-state index is -1.17. The Kier molecular flexibility index (Phi) is 9.11. The van der Waals surface area contributed by atoms with Gasteiger partial charge in [0.15, 0.2) is 6.61 Å². The van der Waals surface area contributed by atoms with Gasteiger partial charge in [-0.15, -0.1) is 0 Å². The molecule has 11 heteroatoms. The van der Waals surface area contributed by atoms with Crippen LogP contribution in [0.25, 0.3) is 11.1 Å². The van der Waals surface area contributed by atoms with Crippen LogP contribution in [0.5, 0.6) is 5.75 Å². The Morgan fingerprint density at radius 2 is 1.71 bits per heavy atom. The van der Waals surface area contributed by atoms with Crippen LogP contribution in [0.3, 0.4) is 0 Å². The number of nitrogens with one attached hydrogen (secondary N) is 3. The summed E-state index contributed by atoms with van der Waals surface area (Å²) < 4.78 is 5.81. The Hall–Kier alpha value is -3.92. The fourth-order valence-electron chi connectivity index (χ4n) is 6.44. The van der Waals surface area contributed by atoms with Crippen LogP contribution in [0.1, 0.15) is 32.1 Å². The van der Waals surface area contributed by atoms with E-state index in [-0.39, 0.29) is 36.7 Å². The van der Waals surface area contributed by atoms with E-state index in [0.717, 1.165) is 30.4 Å². The summed E-state index contributed by atoms with van der Waals surface area (Å²) in [7, 11) is 1.34. The maximum Gasteiger partial charge on any atom is 0.289 e. The van der Waals surface area contributed by atoms with Crippen LogP contribution in [-0.2, 0) is 24.0 Å². The number of ether oxygens (including phenoxy) is 1. The summed E-state index contributed by atoms with van der Waals surface area (Å²) in [5, 5.41) is 8.44. The number of fused-ring (bicyclic) bond motifs is 1. The van der Waals surface area contributed by atoms with Crippen molar-refractivity contribution in [3.63, 3.8) is 0 Å². The second-order valence-electron chi connectivity index (χ2n) is 11.2. The predicted octanol–water partition coefficient (Wildman–Crippen LogP) is 2.34. The van der Waals surface area contributed by atoms with Crippen molar-refractivity contribution in [1.29, 1.82) is 0 Å². The van der Waals surface area contributed by atoms with Crippen molar-refractivity contribution in [1.82, 2.24) is 20.9 Å². The van der Waals surface area contributed by atoms with Gasteiger partial charge in [0, 0.05) is 31.1 Å². The van der Waals surface area contributed by atoms with Gasteiger partial charge >= 0.3 is 0 Å². The highest BCUT2D eigenvalue weighted by molar-refractivity contribution is 6.38. The number of likely N-dealkylation sites (N-methyl/N-ethyl adjacent to an activating group) is 1. The number of Topliss-reactive ketones (excluding diaryl/α,β-unsaturated/α-hetero) is 1. The summed E-state index contributed by atoms with van der Waals surface area (Å²) >= 11 is 5.98. The summed E-state index contributed by atoms with van der Waals surface area (Å²) in [6.45, 7) is 0.669. The van der Waals surface area contributed by atoms with E-state index < -0.39 is 35.6 Å². The van der Waals surface area contributed by atoms with Crippen molar-refractivity contribution in [3.05, 3.63) is 53.6 Å². The average molecular weight is 595 g/mol. The highest BCUT2D eigenvalue weighted by Gasteiger charge is 2.50. The van der Waals surface area contributed by atoms with Gasteiger partial charge in [0.25, 0.3) is 11.8 Å². The number of carbonyl (C=O) groups is 5. The van der Waals surface area contributed by atoms with Crippen LogP contribution in [0.15, 0.2) is 48.5 Å². The number of hydrogen-bond donors (Lipinski definition) is 3. The van der Waals surface area contributed by atoms with Gasteiger partial charge in [0.05, 0.1) is 6.04 Å². The predicted molar refractivity (Wildman–Crippen MR) is 155 cm³/mol. The zero-order chi connectivity index (χ0) is 29.8. The molecule has 1 aliphatic carbocycles. The van der Waals surface area contributed by atoms with Crippen LogP contribution in [-0.4, -0.2) is 73.1 Å². The average Bonchev–Trinajstić information content (AvgIpc) is 3.72. The monoisotopic (exact) mass is 594 g/mol. The minimum Gasteiger partial charge on any atom is -0.484 e. The van der Waals surface area contributed by atoms with Crippen LogP contribution < -0.4 is 20.7 Å². The van der Waals surface area contributed by atoms with Gasteiger partial charge in [-0.05, 0) is 72.9 Å². The number of ketones is 1. The van der Waals surface area contributed by atoms with Gasteiger partial charge in [-0.3, -0.25) is 24.0 Å². The molecule has 2 saturated heterocycles. The van der Waals surface area contributed by atoms with Crippen molar-refractivity contribution in [2.45, 2.75) is 44.2 Å². The lowest BCUT2D eigenvalue weighted by Crippen LogP contribution is -2.55. The summed E-state index contributed by atoms with van der Waals surface area (Å²) in [6, 6.07) is 12.9. The van der Waals surface area contributed by atoms with Crippen LogP contribution in [0.4, 0.5) is 0 Å². The molecule has 0 bridgehead atoms. The van der Waals surface area contributed by atoms with E-state index in [4.69, 9.17) is 16.3 Å². The summed E-state index contributed by atoms with van der Waals surface area (Å²) in [5.41, 5.74) is 1.98. The van der Waals surface area contributed by atoms with Gasteiger partial charge < -0.3 is 25.6 Å². The number of halogens is 1. The third-order valence-electron chi connectivity index (χ3n) is 8.64. The summed E-state index contributed by atoms with van der Waals surface area (Å²) in [4.78, 5) is 65.9. The maximum atomic E-state index is 13.7. The first-order chi connectivity index (χ1) is 20.2. The molecule has 3 N–H and O–H groups in total. The van der Waals surface area contributed by atoms with E-state index in [1.807, 2.05) is 36.4 Å². The Morgan fingerprint density at radius 3 is 2.36 bits per heavy atom. The molecule has 2 aliphatic heterocycles. The number of hydrogen-bond acceptors (Lipinski definition) is 6. The molecule has 0 spiro atoms. The second-order valence-corrected chi connectivity index (χ2v) is 11.6. The molecule has 1 saturated carbocycles. The quantitative estimate of drug-likeness (QED) is 0.362. The van der Waals surface area contributed by atoms with E-state index in [2.05, 4.69) is 16.0 Å². The molecular weight excluding hydrogens is 560 g/mol. The highest BCUT2D eigenvalue weighted by Crippen LogP contribution is 2.42. The molecule has 0 aromatic heterocycles. The number of nitrogens with zero attached hydrogens (tertiary/aromatic N) is 1. The van der Waals surface area contributed by atoms with Gasteiger partial charge in [0.1, 0.15) is 11.8 Å². The number of amides is 4. The van der Waals surface area contributed by atoms with E-state index >= 15 is 0 Å². The molecule has 222 valence electrons. The van der Waals surface area contributed by atoms with Crippen molar-refractivity contribution >= 4 is 41.0 Å². The first-order valence-electron chi connectivity index (χ1n) is 14.4. The Morgan fingerprint density at radius 1 is 1.02 bits per heavy atom. The first kappa shape index (κ1) is 29.6. The van der Waals surface area contributed by atoms with Crippen LogP contribution in [0.2, 0.25) is 5.02 Å². The number of carbonyl (C=O) groups excluding carboxylic acids is 5. The topological polar surface area (TPSA) is 134 Å². The van der Waals surface area contributed by atoms with E-state index in [0.29, 0.717) is 30.3 Å². The summed E-state index contributed by atoms with van der Waals surface area (Å²) in [5.74, 6) is -2.49. The SMILES string of the molecule is CNC(=O)C(=O)[C@H](C[C@@H]1CCNC1=O)NC(=O)[C@@H]1[C@H]2CCC[C@H]2CN1C(=O)COc1ccc(-c2ccc(Cl)cc2)cc1. The van der Waals surface area contributed by atoms with Gasteiger partial charge in [-0.2, -0.15) is 0 Å². The minimum absolute atomic E-state index is 0.0215. The molecular formula is C31H35ClN4O6. The largest absolute Gasteiger partial charge is 0.484 e. The highest BCUT2D eigenvalue weighted by atomic mass is 35.5. The summed E-state index contributed by atoms with van der Waals surface area (Å²) in [6.07, 6.45) is 3.20. The maximum absolute atomic E-state index is 13.7. The Bertz CT molecular complexity index is 1350. The van der Waals surface area contributed by atoms with Gasteiger partial charge in [0.2, 0.25) is 17.6 Å². The lowest BCUT2D eigenvalue weighted by molar-refractivity contribution is -0.143. The van der Waals surface area contributed by atoms with Gasteiger partial charge in [-0.1, -0.05) is 42.3 Å². The smallest absolute Gasteiger partial charge is 0.289 e. The molecule has 5 rings (SSSR count). The van der Waals surface area contributed by atoms with Crippen molar-refractivity contribution < 1.29 is 28.7 Å². The molecule has 0 radical (unpaired) electrons. The number of benzene rings is 2. The molecule has 0 unspecified atom stereocenters. The second kappa shape index (κ2) is 12.9. The van der Waals surface area contributed by atoms with Crippen molar-refractivity contribution in [2.24, 2.45) is 17.8 Å². The van der Waals surface area contributed by atoms with Crippen molar-refractivity contribution in [3.8, 4) is 16.9 Å². The third kappa shape index (κ3) is 6.43. The first-order valence-corrected chi connectivity index (χ1v) is 14.7. The fraction of sp³-hybridized carbons (Fsp3) is 0.452. The molecule has 10 nitrogen and oxygen atoms in total. The van der Waals surface area contributed by atoms with E-state index in [1.54, 1.807) is 17.0 Å². The normalized spacial score (nSPS) is 23.6. The molecule has 2 heterocycles. The number of likely N-dealkylation sites (tertiary alicyclic amines) is 1. The Balaban J connectivity index is 1.26. The molecule has 42 heavy (non-hydrogen) atoms. The van der Waals surface area contributed by atoms with Crippen molar-refractivity contribution in [2.75, 3.05) is 26.7 Å². The lowest BCUT2D eigenvalue weighted by Gasteiger charge is -2.29. The third-order valence-corrected chi connectivity index (χ3v) is 8.89. The fourth-order valence-corrected chi connectivity index (χ4v) is 6.56. The lowest BCUT2D eigenvalue weighted by atomic mass is 9.91. The molecule has 5 atom stereocenters. The standard InChI is InChI=1S/C31H35ClN4O6/c1-33-31(41)28(38)25(15-20-13-14-34-29(20)39)35-30(40)27-24-4-2-3-21(24)16-36(27)26(37)17-42-23-11-7-19(8-12-23)18-5-9-22(32)10-6-18/h5-12,20-21,24-25,27H,2-4,13-17H2,1H3,(H,33,41)(H,34,39)(H,35,40)/t20-,21-,24-,25-,27-/m0/s1. The van der Waals surface area contributed by atoms with E-state index in [1.165, 1.54) is 7.05 Å².